The van der Waals surface area contributed by atoms with Crippen LogP contribution in [0.15, 0.2) is 158 Å². The van der Waals surface area contributed by atoms with Crippen molar-refractivity contribution < 1.29 is 0 Å². The minimum Gasteiger partial charge on any atom is -0.387 e. The van der Waals surface area contributed by atoms with Crippen LogP contribution < -0.4 is 5.32 Å². The van der Waals surface area contributed by atoms with E-state index in [1.54, 1.807) is 12.4 Å². The van der Waals surface area contributed by atoms with Crippen molar-refractivity contribution in [3.8, 4) is 55.6 Å². The van der Waals surface area contributed by atoms with E-state index >= 15 is 0 Å². The maximum atomic E-state index is 4.28. The van der Waals surface area contributed by atoms with Crippen molar-refractivity contribution in [3.05, 3.63) is 164 Å². The number of nitrogens with one attached hydrogen (secondary N) is 1. The van der Waals surface area contributed by atoms with Gasteiger partial charge in [-0.15, -0.1) is 0 Å². The first kappa shape index (κ1) is 25.4. The van der Waals surface area contributed by atoms with Gasteiger partial charge in [-0.2, -0.15) is 0 Å². The molecule has 0 amide bonds. The monoisotopic (exact) mass is 539 g/mol. The largest absolute Gasteiger partial charge is 0.387 e. The topological polar surface area (TPSA) is 37.8 Å². The van der Waals surface area contributed by atoms with Crippen molar-refractivity contribution in [2.24, 2.45) is 0 Å². The standard InChI is InChI=1S/C39H29N3/c1-4-34(25-40-19-1)28-7-13-31(14-8-28)37-22-38(32-15-9-29(10-16-32)35-5-2-20-41-26-35)24-39(23-37)33-17-11-30(12-18-33)36-6-3-21-42-27-36/h1-20,22-27,42H,21H2. The quantitative estimate of drug-likeness (QED) is 0.229. The molecular weight excluding hydrogens is 510 g/mol. The van der Waals surface area contributed by atoms with Crippen LogP contribution in [0.3, 0.4) is 0 Å². The van der Waals surface area contributed by atoms with Crippen LogP contribution in [0.1, 0.15) is 5.56 Å². The Kier molecular flexibility index (Phi) is 6.97. The molecule has 200 valence electrons. The summed E-state index contributed by atoms with van der Waals surface area (Å²) in [7, 11) is 0. The predicted molar refractivity (Wildman–Crippen MR) is 174 cm³/mol. The first-order valence-electron chi connectivity index (χ1n) is 14.2. The Labute approximate surface area is 246 Å². The fraction of sp³-hybridized carbons (Fsp3) is 0.0256. The normalized spacial score (nSPS) is 12.4. The number of pyridine rings is 2. The van der Waals surface area contributed by atoms with Gasteiger partial charge in [0, 0.05) is 37.5 Å². The van der Waals surface area contributed by atoms with Gasteiger partial charge in [-0.05, 0) is 97.1 Å². The first-order valence-corrected chi connectivity index (χ1v) is 14.2. The first-order chi connectivity index (χ1) is 20.8. The van der Waals surface area contributed by atoms with Gasteiger partial charge in [0.05, 0.1) is 0 Å². The van der Waals surface area contributed by atoms with E-state index in [2.05, 4.69) is 137 Å². The summed E-state index contributed by atoms with van der Waals surface area (Å²) >= 11 is 0. The van der Waals surface area contributed by atoms with E-state index in [4.69, 9.17) is 0 Å². The third-order valence-corrected chi connectivity index (χ3v) is 7.70. The molecule has 0 unspecified atom stereocenters. The Morgan fingerprint density at radius 1 is 0.429 bits per heavy atom. The molecule has 3 heterocycles. The molecule has 0 fully saturated rings. The van der Waals surface area contributed by atoms with Crippen molar-refractivity contribution in [1.82, 2.24) is 15.3 Å². The molecule has 0 radical (unpaired) electrons. The molecule has 1 N–H and O–H groups in total. The maximum Gasteiger partial charge on any atom is 0.0346 e. The van der Waals surface area contributed by atoms with Gasteiger partial charge in [0.15, 0.2) is 0 Å². The number of nitrogens with zero attached hydrogens (tertiary/aromatic N) is 2. The van der Waals surface area contributed by atoms with Crippen LogP contribution in [-0.2, 0) is 0 Å². The van der Waals surface area contributed by atoms with Gasteiger partial charge in [-0.1, -0.05) is 97.1 Å². The van der Waals surface area contributed by atoms with E-state index < -0.39 is 0 Å². The molecule has 1 aliphatic rings. The van der Waals surface area contributed by atoms with E-state index in [9.17, 15) is 0 Å². The molecule has 4 aromatic carbocycles. The fourth-order valence-corrected chi connectivity index (χ4v) is 5.41. The summed E-state index contributed by atoms with van der Waals surface area (Å²) in [6.45, 7) is 0.879. The maximum absolute atomic E-state index is 4.28. The molecule has 1 aliphatic heterocycles. The Balaban J connectivity index is 1.28. The van der Waals surface area contributed by atoms with Crippen molar-refractivity contribution in [2.75, 3.05) is 6.54 Å². The van der Waals surface area contributed by atoms with Gasteiger partial charge in [-0.3, -0.25) is 9.97 Å². The summed E-state index contributed by atoms with van der Waals surface area (Å²) in [5, 5.41) is 3.30. The molecular formula is C39H29N3. The third-order valence-electron chi connectivity index (χ3n) is 7.70. The molecule has 0 saturated heterocycles. The summed E-state index contributed by atoms with van der Waals surface area (Å²) in [6.07, 6.45) is 13.8. The molecule has 0 saturated carbocycles. The van der Waals surface area contributed by atoms with Gasteiger partial charge in [0.1, 0.15) is 0 Å². The van der Waals surface area contributed by atoms with Crippen molar-refractivity contribution >= 4 is 5.57 Å². The molecule has 7 rings (SSSR count). The average molecular weight is 540 g/mol. The summed E-state index contributed by atoms with van der Waals surface area (Å²) in [5.41, 5.74) is 14.1. The highest BCUT2D eigenvalue weighted by molar-refractivity contribution is 5.83. The van der Waals surface area contributed by atoms with Gasteiger partial charge in [0.2, 0.25) is 0 Å². The van der Waals surface area contributed by atoms with E-state index in [0.717, 1.165) is 28.8 Å². The van der Waals surface area contributed by atoms with E-state index in [0.29, 0.717) is 0 Å². The van der Waals surface area contributed by atoms with Gasteiger partial charge >= 0.3 is 0 Å². The van der Waals surface area contributed by atoms with Gasteiger partial charge in [-0.25, -0.2) is 0 Å². The molecule has 0 spiro atoms. The van der Waals surface area contributed by atoms with Crippen LogP contribution in [0.5, 0.6) is 0 Å². The minimum atomic E-state index is 0.879. The zero-order chi connectivity index (χ0) is 28.1. The molecule has 2 aromatic heterocycles. The third kappa shape index (κ3) is 5.41. The highest BCUT2D eigenvalue weighted by Crippen LogP contribution is 2.35. The molecule has 3 nitrogen and oxygen atoms in total. The molecule has 42 heavy (non-hydrogen) atoms. The summed E-state index contributed by atoms with van der Waals surface area (Å²) < 4.78 is 0. The molecule has 0 atom stereocenters. The second-order valence-electron chi connectivity index (χ2n) is 10.4. The van der Waals surface area contributed by atoms with Crippen molar-refractivity contribution in [2.45, 2.75) is 0 Å². The fourth-order valence-electron chi connectivity index (χ4n) is 5.41. The number of benzene rings is 4. The van der Waals surface area contributed by atoms with E-state index in [1.807, 2.05) is 24.5 Å². The van der Waals surface area contributed by atoms with Crippen LogP contribution in [0.2, 0.25) is 0 Å². The lowest BCUT2D eigenvalue weighted by Crippen LogP contribution is -2.08. The highest BCUT2D eigenvalue weighted by atomic mass is 14.8. The lowest BCUT2D eigenvalue weighted by Gasteiger charge is -2.13. The predicted octanol–water partition coefficient (Wildman–Crippen LogP) is 9.31. The number of rotatable bonds is 6. The zero-order valence-corrected chi connectivity index (χ0v) is 23.1. The second kappa shape index (κ2) is 11.5. The number of allylic oxidation sites excluding steroid dienone is 2. The SMILES string of the molecule is C1=CC(c2ccc(-c3cc(-c4ccc(-c5cccnc5)cc4)cc(-c4ccc(-c5cccnc5)cc4)c3)cc2)=CNC1. The summed E-state index contributed by atoms with van der Waals surface area (Å²) in [4.78, 5) is 8.56. The van der Waals surface area contributed by atoms with Crippen LogP contribution in [0.25, 0.3) is 61.2 Å². The van der Waals surface area contributed by atoms with Gasteiger partial charge < -0.3 is 5.32 Å². The zero-order valence-electron chi connectivity index (χ0n) is 23.1. The minimum absolute atomic E-state index is 0.879. The molecule has 3 heteroatoms. The van der Waals surface area contributed by atoms with Crippen LogP contribution in [0, 0.1) is 0 Å². The lowest BCUT2D eigenvalue weighted by atomic mass is 9.91. The summed E-state index contributed by atoms with van der Waals surface area (Å²) in [6, 6.07) is 41.4. The molecule has 0 bridgehead atoms. The van der Waals surface area contributed by atoms with Crippen LogP contribution in [0.4, 0.5) is 0 Å². The Hall–Kier alpha value is -5.54. The number of hydrogen-bond donors (Lipinski definition) is 1. The lowest BCUT2D eigenvalue weighted by molar-refractivity contribution is 0.976. The van der Waals surface area contributed by atoms with Crippen molar-refractivity contribution in [3.63, 3.8) is 0 Å². The van der Waals surface area contributed by atoms with E-state index in [-0.39, 0.29) is 0 Å². The summed E-state index contributed by atoms with van der Waals surface area (Å²) in [5.74, 6) is 0. The second-order valence-corrected chi connectivity index (χ2v) is 10.4. The Morgan fingerprint density at radius 2 is 0.833 bits per heavy atom. The number of dihydropyridines is 1. The highest BCUT2D eigenvalue weighted by Gasteiger charge is 2.10. The number of aromatic nitrogens is 2. The number of hydrogen-bond acceptors (Lipinski definition) is 3. The van der Waals surface area contributed by atoms with Crippen molar-refractivity contribution in [1.29, 1.82) is 0 Å². The Morgan fingerprint density at radius 3 is 1.19 bits per heavy atom. The van der Waals surface area contributed by atoms with E-state index in [1.165, 1.54) is 44.5 Å². The van der Waals surface area contributed by atoms with Crippen LogP contribution >= 0.6 is 0 Å². The average Bonchev–Trinajstić information content (AvgIpc) is 3.09. The molecule has 0 aliphatic carbocycles. The molecule has 6 aromatic rings. The smallest absolute Gasteiger partial charge is 0.0346 e. The Bertz CT molecular complexity index is 1770. The van der Waals surface area contributed by atoms with Crippen LogP contribution in [-0.4, -0.2) is 16.5 Å². The van der Waals surface area contributed by atoms with Gasteiger partial charge in [0.25, 0.3) is 0 Å².